The van der Waals surface area contributed by atoms with Gasteiger partial charge in [0.2, 0.25) is 0 Å². The van der Waals surface area contributed by atoms with Gasteiger partial charge in [0, 0.05) is 15.8 Å². The fraction of sp³-hybridized carbons (Fsp3) is 0.167. The van der Waals surface area contributed by atoms with E-state index in [9.17, 15) is 4.79 Å². The topological polar surface area (TPSA) is 42.1 Å². The number of carbonyl (C=O) groups excluding carboxylic acids is 1. The van der Waals surface area contributed by atoms with Crippen molar-refractivity contribution in [2.24, 2.45) is 0 Å². The minimum Gasteiger partial charge on any atom is -0.461 e. The molecule has 3 aromatic rings. The van der Waals surface area contributed by atoms with Crippen molar-refractivity contribution in [3.63, 3.8) is 0 Å². The van der Waals surface area contributed by atoms with Gasteiger partial charge in [0.05, 0.1) is 11.5 Å². The van der Waals surface area contributed by atoms with Crippen LogP contribution in [0.3, 0.4) is 0 Å². The molecule has 4 heteroatoms. The third-order valence-corrected chi connectivity index (χ3v) is 4.51. The molecule has 0 atom stereocenters. The Labute approximate surface area is 133 Å². The number of para-hydroxylation sites is 1. The number of aromatic amines is 1. The van der Waals surface area contributed by atoms with Crippen molar-refractivity contribution in [1.82, 2.24) is 4.98 Å². The SMILES string of the molecule is CCOC(=O)c1[nH]c2ccccc2c1Sc1ccc(C)cc1. The fourth-order valence-electron chi connectivity index (χ4n) is 2.29. The summed E-state index contributed by atoms with van der Waals surface area (Å²) in [7, 11) is 0. The lowest BCUT2D eigenvalue weighted by molar-refractivity contribution is 0.0516. The highest BCUT2D eigenvalue weighted by Gasteiger charge is 2.19. The number of ether oxygens (including phenoxy) is 1. The van der Waals surface area contributed by atoms with Gasteiger partial charge in [-0.25, -0.2) is 4.79 Å². The summed E-state index contributed by atoms with van der Waals surface area (Å²) in [6.45, 7) is 4.24. The van der Waals surface area contributed by atoms with Crippen LogP contribution in [0.2, 0.25) is 0 Å². The van der Waals surface area contributed by atoms with Gasteiger partial charge < -0.3 is 9.72 Å². The van der Waals surface area contributed by atoms with Crippen molar-refractivity contribution < 1.29 is 9.53 Å². The lowest BCUT2D eigenvalue weighted by Crippen LogP contribution is -2.06. The first-order chi connectivity index (χ1) is 10.7. The maximum atomic E-state index is 12.2. The Morgan fingerprint density at radius 1 is 1.14 bits per heavy atom. The zero-order chi connectivity index (χ0) is 15.5. The molecule has 0 aliphatic rings. The van der Waals surface area contributed by atoms with E-state index in [0.29, 0.717) is 12.3 Å². The standard InChI is InChI=1S/C18H17NO2S/c1-3-21-18(20)16-17(14-6-4-5-7-15(14)19-16)22-13-10-8-12(2)9-11-13/h4-11,19H,3H2,1-2H3. The van der Waals surface area contributed by atoms with Crippen LogP contribution in [0.4, 0.5) is 0 Å². The molecular weight excluding hydrogens is 294 g/mol. The summed E-state index contributed by atoms with van der Waals surface area (Å²) in [6.07, 6.45) is 0. The van der Waals surface area contributed by atoms with E-state index >= 15 is 0 Å². The number of H-pyrrole nitrogens is 1. The zero-order valence-corrected chi connectivity index (χ0v) is 13.4. The highest BCUT2D eigenvalue weighted by Crippen LogP contribution is 2.37. The molecule has 1 heterocycles. The maximum absolute atomic E-state index is 12.2. The molecule has 3 nitrogen and oxygen atoms in total. The van der Waals surface area contributed by atoms with E-state index in [2.05, 4.69) is 36.2 Å². The molecule has 0 aliphatic heterocycles. The Kier molecular flexibility index (Phi) is 4.20. The number of aromatic nitrogens is 1. The van der Waals surface area contributed by atoms with Crippen molar-refractivity contribution in [3.8, 4) is 0 Å². The number of rotatable bonds is 4. The third-order valence-electron chi connectivity index (χ3n) is 3.38. The highest BCUT2D eigenvalue weighted by molar-refractivity contribution is 7.99. The number of hydrogen-bond donors (Lipinski definition) is 1. The largest absolute Gasteiger partial charge is 0.461 e. The number of aryl methyl sites for hydroxylation is 1. The number of carbonyl (C=O) groups is 1. The molecule has 0 saturated carbocycles. The predicted octanol–water partition coefficient (Wildman–Crippen LogP) is 4.80. The van der Waals surface area contributed by atoms with Crippen molar-refractivity contribution in [2.45, 2.75) is 23.6 Å². The molecule has 0 fully saturated rings. The first kappa shape index (κ1) is 14.7. The molecular formula is C18H17NO2S. The Morgan fingerprint density at radius 3 is 2.59 bits per heavy atom. The molecule has 0 bridgehead atoms. The Morgan fingerprint density at radius 2 is 1.86 bits per heavy atom. The van der Waals surface area contributed by atoms with E-state index in [1.807, 2.05) is 31.2 Å². The lowest BCUT2D eigenvalue weighted by Gasteiger charge is -2.05. The van der Waals surface area contributed by atoms with Gasteiger partial charge in [-0.2, -0.15) is 0 Å². The van der Waals surface area contributed by atoms with E-state index in [1.54, 1.807) is 11.8 Å². The van der Waals surface area contributed by atoms with Crippen LogP contribution in [0.1, 0.15) is 23.0 Å². The van der Waals surface area contributed by atoms with Crippen LogP contribution in [0.15, 0.2) is 58.3 Å². The predicted molar refractivity (Wildman–Crippen MR) is 89.6 cm³/mol. The molecule has 112 valence electrons. The van der Waals surface area contributed by atoms with Gasteiger partial charge in [-0.1, -0.05) is 47.7 Å². The fourth-order valence-corrected chi connectivity index (χ4v) is 3.33. The van der Waals surface area contributed by atoms with Crippen LogP contribution in [-0.4, -0.2) is 17.6 Å². The molecule has 22 heavy (non-hydrogen) atoms. The van der Waals surface area contributed by atoms with E-state index < -0.39 is 0 Å². The molecule has 1 aromatic heterocycles. The Balaban J connectivity index is 2.07. The van der Waals surface area contributed by atoms with E-state index in [0.717, 1.165) is 20.7 Å². The van der Waals surface area contributed by atoms with Crippen LogP contribution in [0.25, 0.3) is 10.9 Å². The van der Waals surface area contributed by atoms with Gasteiger partial charge in [0.1, 0.15) is 5.69 Å². The molecule has 1 N–H and O–H groups in total. The molecule has 0 radical (unpaired) electrons. The minimum atomic E-state index is -0.312. The van der Waals surface area contributed by atoms with Gasteiger partial charge in [-0.15, -0.1) is 0 Å². The number of hydrogen-bond acceptors (Lipinski definition) is 3. The van der Waals surface area contributed by atoms with Crippen LogP contribution >= 0.6 is 11.8 Å². The highest BCUT2D eigenvalue weighted by atomic mass is 32.2. The second-order valence-electron chi connectivity index (χ2n) is 5.01. The third kappa shape index (κ3) is 2.88. The van der Waals surface area contributed by atoms with Crippen molar-refractivity contribution in [2.75, 3.05) is 6.61 Å². The van der Waals surface area contributed by atoms with Crippen LogP contribution in [0, 0.1) is 6.92 Å². The molecule has 3 rings (SSSR count). The first-order valence-electron chi connectivity index (χ1n) is 7.21. The number of nitrogens with one attached hydrogen (secondary N) is 1. The summed E-state index contributed by atoms with van der Waals surface area (Å²) < 4.78 is 5.17. The number of fused-ring (bicyclic) bond motifs is 1. The van der Waals surface area contributed by atoms with Gasteiger partial charge in [-0.05, 0) is 32.0 Å². The van der Waals surface area contributed by atoms with Crippen LogP contribution < -0.4 is 0 Å². The smallest absolute Gasteiger partial charge is 0.355 e. The molecule has 0 aliphatic carbocycles. The molecule has 0 saturated heterocycles. The molecule has 0 amide bonds. The average molecular weight is 311 g/mol. The molecule has 0 unspecified atom stereocenters. The quantitative estimate of drug-likeness (QED) is 0.703. The summed E-state index contributed by atoms with van der Waals surface area (Å²) in [6, 6.07) is 16.2. The first-order valence-corrected chi connectivity index (χ1v) is 8.03. The minimum absolute atomic E-state index is 0.312. The van der Waals surface area contributed by atoms with Crippen molar-refractivity contribution >= 4 is 28.6 Å². The van der Waals surface area contributed by atoms with Crippen molar-refractivity contribution in [1.29, 1.82) is 0 Å². The van der Waals surface area contributed by atoms with Gasteiger partial charge in [0.25, 0.3) is 0 Å². The van der Waals surface area contributed by atoms with Crippen LogP contribution in [0.5, 0.6) is 0 Å². The van der Waals surface area contributed by atoms with Crippen LogP contribution in [-0.2, 0) is 4.74 Å². The van der Waals surface area contributed by atoms with E-state index in [-0.39, 0.29) is 5.97 Å². The number of esters is 1. The van der Waals surface area contributed by atoms with Gasteiger partial charge in [0.15, 0.2) is 0 Å². The maximum Gasteiger partial charge on any atom is 0.355 e. The summed E-state index contributed by atoms with van der Waals surface area (Å²) in [5.74, 6) is -0.312. The Hall–Kier alpha value is -2.20. The van der Waals surface area contributed by atoms with E-state index in [1.165, 1.54) is 5.56 Å². The van der Waals surface area contributed by atoms with E-state index in [4.69, 9.17) is 4.74 Å². The molecule has 2 aromatic carbocycles. The monoisotopic (exact) mass is 311 g/mol. The average Bonchev–Trinajstić information content (AvgIpc) is 2.89. The summed E-state index contributed by atoms with van der Waals surface area (Å²) in [4.78, 5) is 17.4. The second kappa shape index (κ2) is 6.28. The van der Waals surface area contributed by atoms with Gasteiger partial charge >= 0.3 is 5.97 Å². The normalized spacial score (nSPS) is 10.8. The summed E-state index contributed by atoms with van der Waals surface area (Å²) in [5, 5.41) is 1.04. The number of benzene rings is 2. The van der Waals surface area contributed by atoms with Crippen molar-refractivity contribution in [3.05, 3.63) is 59.8 Å². The molecule has 0 spiro atoms. The summed E-state index contributed by atoms with van der Waals surface area (Å²) in [5.41, 5.74) is 2.68. The Bertz CT molecular complexity index is 806. The summed E-state index contributed by atoms with van der Waals surface area (Å²) >= 11 is 1.58. The lowest BCUT2D eigenvalue weighted by atomic mass is 10.2. The zero-order valence-electron chi connectivity index (χ0n) is 12.6. The van der Waals surface area contributed by atoms with Gasteiger partial charge in [-0.3, -0.25) is 0 Å². The second-order valence-corrected chi connectivity index (χ2v) is 6.09.